The number of carbonyl (C=O) groups is 1. The zero-order valence-corrected chi connectivity index (χ0v) is 12.9. The summed E-state index contributed by atoms with van der Waals surface area (Å²) in [6.07, 6.45) is 0.651. The molecule has 1 aliphatic rings. The summed E-state index contributed by atoms with van der Waals surface area (Å²) in [6, 6.07) is 4.57. The molecule has 20 heavy (non-hydrogen) atoms. The zero-order valence-electron chi connectivity index (χ0n) is 11.3. The van der Waals surface area contributed by atoms with Crippen molar-refractivity contribution in [2.24, 2.45) is 0 Å². The van der Waals surface area contributed by atoms with E-state index in [0.717, 1.165) is 5.56 Å². The van der Waals surface area contributed by atoms with E-state index in [1.54, 1.807) is 12.1 Å². The second kappa shape index (κ2) is 7.15. The van der Waals surface area contributed by atoms with Crippen molar-refractivity contribution in [1.82, 2.24) is 10.6 Å². The Morgan fingerprint density at radius 2 is 2.45 bits per heavy atom. The summed E-state index contributed by atoms with van der Waals surface area (Å²) in [4.78, 5) is 12.0. The van der Waals surface area contributed by atoms with E-state index in [1.807, 2.05) is 6.92 Å². The van der Waals surface area contributed by atoms with Gasteiger partial charge in [-0.25, -0.2) is 4.39 Å². The Hall–Kier alpha value is -0.980. The molecule has 110 valence electrons. The summed E-state index contributed by atoms with van der Waals surface area (Å²) in [5.74, 6) is -0.340. The highest BCUT2D eigenvalue weighted by Crippen LogP contribution is 2.17. The van der Waals surface area contributed by atoms with Gasteiger partial charge in [-0.05, 0) is 47.0 Å². The van der Waals surface area contributed by atoms with Crippen LogP contribution in [0.2, 0.25) is 0 Å². The third-order valence-electron chi connectivity index (χ3n) is 3.15. The largest absolute Gasteiger partial charge is 0.378 e. The van der Waals surface area contributed by atoms with Gasteiger partial charge in [0.2, 0.25) is 5.91 Å². The van der Waals surface area contributed by atoms with Gasteiger partial charge >= 0.3 is 0 Å². The molecule has 2 unspecified atom stereocenters. The summed E-state index contributed by atoms with van der Waals surface area (Å²) in [5.41, 5.74) is 0.971. The first-order valence-electron chi connectivity index (χ1n) is 6.61. The Morgan fingerprint density at radius 3 is 3.10 bits per heavy atom. The van der Waals surface area contributed by atoms with Crippen LogP contribution in [0, 0.1) is 5.82 Å². The number of amides is 1. The first-order chi connectivity index (χ1) is 9.56. The van der Waals surface area contributed by atoms with Gasteiger partial charge in [-0.3, -0.25) is 4.79 Å². The average molecular weight is 345 g/mol. The lowest BCUT2D eigenvalue weighted by Gasteiger charge is -2.24. The number of rotatable bonds is 4. The van der Waals surface area contributed by atoms with E-state index < -0.39 is 0 Å². The molecule has 0 bridgehead atoms. The Kier molecular flexibility index (Phi) is 5.51. The van der Waals surface area contributed by atoms with E-state index in [-0.39, 0.29) is 23.8 Å². The molecule has 2 atom stereocenters. The van der Waals surface area contributed by atoms with Crippen molar-refractivity contribution in [1.29, 1.82) is 0 Å². The molecule has 1 aromatic rings. The molecule has 1 amide bonds. The fourth-order valence-electron chi connectivity index (χ4n) is 2.15. The number of morpholine rings is 1. The molecule has 1 fully saturated rings. The van der Waals surface area contributed by atoms with Crippen molar-refractivity contribution in [3.05, 3.63) is 34.1 Å². The van der Waals surface area contributed by atoms with Crippen LogP contribution in [0.4, 0.5) is 4.39 Å². The van der Waals surface area contributed by atoms with Gasteiger partial charge in [0, 0.05) is 12.6 Å². The fourth-order valence-corrected chi connectivity index (χ4v) is 2.57. The van der Waals surface area contributed by atoms with E-state index in [2.05, 4.69) is 26.6 Å². The monoisotopic (exact) mass is 344 g/mol. The van der Waals surface area contributed by atoms with Gasteiger partial charge in [0.15, 0.2) is 0 Å². The number of benzene rings is 1. The first-order valence-corrected chi connectivity index (χ1v) is 7.41. The smallest absolute Gasteiger partial charge is 0.239 e. The van der Waals surface area contributed by atoms with E-state index in [4.69, 9.17) is 4.74 Å². The van der Waals surface area contributed by atoms with Crippen LogP contribution in [0.3, 0.4) is 0 Å². The second-order valence-electron chi connectivity index (χ2n) is 4.94. The van der Waals surface area contributed by atoms with Crippen LogP contribution < -0.4 is 10.6 Å². The molecule has 0 aliphatic carbocycles. The molecule has 1 aliphatic heterocycles. The van der Waals surface area contributed by atoms with Crippen molar-refractivity contribution < 1.29 is 13.9 Å². The van der Waals surface area contributed by atoms with Crippen molar-refractivity contribution in [3.8, 4) is 0 Å². The highest BCUT2D eigenvalue weighted by atomic mass is 79.9. The third kappa shape index (κ3) is 4.26. The summed E-state index contributed by atoms with van der Waals surface area (Å²) < 4.78 is 18.9. The van der Waals surface area contributed by atoms with Gasteiger partial charge in [0.05, 0.1) is 17.7 Å². The molecule has 6 heteroatoms. The molecule has 0 aromatic heterocycles. The maximum atomic E-state index is 13.2. The minimum atomic E-state index is -0.286. The van der Waals surface area contributed by atoms with Crippen LogP contribution in [-0.4, -0.2) is 37.7 Å². The van der Waals surface area contributed by atoms with Crippen LogP contribution in [-0.2, 0) is 16.0 Å². The van der Waals surface area contributed by atoms with Gasteiger partial charge in [-0.2, -0.15) is 0 Å². The van der Waals surface area contributed by atoms with E-state index in [9.17, 15) is 9.18 Å². The van der Waals surface area contributed by atoms with Gasteiger partial charge < -0.3 is 15.4 Å². The van der Waals surface area contributed by atoms with E-state index in [1.165, 1.54) is 6.07 Å². The summed E-state index contributed by atoms with van der Waals surface area (Å²) in [6.45, 7) is 3.67. The van der Waals surface area contributed by atoms with Crippen LogP contribution in [0.5, 0.6) is 0 Å². The molecular weight excluding hydrogens is 327 g/mol. The number of carbonyl (C=O) groups excluding carboxylic acids is 1. The van der Waals surface area contributed by atoms with E-state index >= 15 is 0 Å². The summed E-state index contributed by atoms with van der Waals surface area (Å²) >= 11 is 3.16. The lowest BCUT2D eigenvalue weighted by molar-refractivity contribution is -0.126. The lowest BCUT2D eigenvalue weighted by Crippen LogP contribution is -2.53. The standard InChI is InChI=1S/C14H18BrFN2O2/c1-9(6-10-2-3-12(16)11(15)7-10)18-14(19)13-8-20-5-4-17-13/h2-3,7,9,13,17H,4-6,8H2,1H3,(H,18,19). The molecule has 4 nitrogen and oxygen atoms in total. The fraction of sp³-hybridized carbons (Fsp3) is 0.500. The molecular formula is C14H18BrFN2O2. The molecule has 1 heterocycles. The Bertz CT molecular complexity index is 478. The maximum Gasteiger partial charge on any atom is 0.239 e. The topological polar surface area (TPSA) is 50.4 Å². The van der Waals surface area contributed by atoms with Gasteiger partial charge in [-0.1, -0.05) is 6.07 Å². The normalized spacial score (nSPS) is 20.4. The Labute approximate surface area is 126 Å². The molecule has 2 rings (SSSR count). The first kappa shape index (κ1) is 15.4. The molecule has 1 aromatic carbocycles. The Morgan fingerprint density at radius 1 is 1.65 bits per heavy atom. The van der Waals surface area contributed by atoms with Crippen molar-refractivity contribution >= 4 is 21.8 Å². The molecule has 1 saturated heterocycles. The molecule has 0 radical (unpaired) electrons. The zero-order chi connectivity index (χ0) is 14.5. The second-order valence-corrected chi connectivity index (χ2v) is 5.80. The van der Waals surface area contributed by atoms with Crippen LogP contribution >= 0.6 is 15.9 Å². The quantitative estimate of drug-likeness (QED) is 0.872. The predicted molar refractivity (Wildman–Crippen MR) is 78.0 cm³/mol. The highest BCUT2D eigenvalue weighted by Gasteiger charge is 2.22. The molecule has 0 spiro atoms. The maximum absolute atomic E-state index is 13.2. The van der Waals surface area contributed by atoms with Crippen molar-refractivity contribution in [2.75, 3.05) is 19.8 Å². The average Bonchev–Trinajstić information content (AvgIpc) is 2.44. The Balaban J connectivity index is 1.86. The minimum Gasteiger partial charge on any atom is -0.378 e. The van der Waals surface area contributed by atoms with E-state index in [0.29, 0.717) is 30.7 Å². The summed E-state index contributed by atoms with van der Waals surface area (Å²) in [7, 11) is 0. The van der Waals surface area contributed by atoms with Crippen LogP contribution in [0.25, 0.3) is 0 Å². The number of hydrogen-bond acceptors (Lipinski definition) is 3. The lowest BCUT2D eigenvalue weighted by atomic mass is 10.1. The van der Waals surface area contributed by atoms with Crippen LogP contribution in [0.1, 0.15) is 12.5 Å². The number of halogens is 2. The third-order valence-corrected chi connectivity index (χ3v) is 3.76. The van der Waals surface area contributed by atoms with Gasteiger partial charge in [-0.15, -0.1) is 0 Å². The highest BCUT2D eigenvalue weighted by molar-refractivity contribution is 9.10. The molecule has 0 saturated carbocycles. The number of nitrogens with one attached hydrogen (secondary N) is 2. The van der Waals surface area contributed by atoms with Crippen molar-refractivity contribution in [2.45, 2.75) is 25.4 Å². The predicted octanol–water partition coefficient (Wildman–Crippen LogP) is 1.62. The number of ether oxygens (including phenoxy) is 1. The summed E-state index contributed by atoms with van der Waals surface area (Å²) in [5, 5.41) is 6.05. The van der Waals surface area contributed by atoms with Gasteiger partial charge in [0.1, 0.15) is 11.9 Å². The molecule has 2 N–H and O–H groups in total. The SMILES string of the molecule is CC(Cc1ccc(F)c(Br)c1)NC(=O)C1COCCN1. The van der Waals surface area contributed by atoms with Gasteiger partial charge in [0.25, 0.3) is 0 Å². The van der Waals surface area contributed by atoms with Crippen molar-refractivity contribution in [3.63, 3.8) is 0 Å². The number of hydrogen-bond donors (Lipinski definition) is 2. The van der Waals surface area contributed by atoms with Crippen LogP contribution in [0.15, 0.2) is 22.7 Å². The minimum absolute atomic E-state index is 0.0245.